The van der Waals surface area contributed by atoms with Gasteiger partial charge in [-0.1, -0.05) is 18.2 Å². The van der Waals surface area contributed by atoms with Gasteiger partial charge in [-0.2, -0.15) is 0 Å². The Morgan fingerprint density at radius 3 is 2.62 bits per heavy atom. The molecule has 0 bridgehead atoms. The van der Waals surface area contributed by atoms with Crippen LogP contribution in [0.4, 0.5) is 0 Å². The Labute approximate surface area is 121 Å². The van der Waals surface area contributed by atoms with Crippen LogP contribution in [0.2, 0.25) is 0 Å². The summed E-state index contributed by atoms with van der Waals surface area (Å²) < 4.78 is 5.73. The number of rotatable bonds is 3. The molecule has 5 heteroatoms. The van der Waals surface area contributed by atoms with Crippen molar-refractivity contribution in [3.05, 3.63) is 53.6 Å². The number of nitrogens with one attached hydrogen (secondary N) is 1. The van der Waals surface area contributed by atoms with Crippen molar-refractivity contribution in [3.8, 4) is 17.2 Å². The first-order valence-corrected chi connectivity index (χ1v) is 6.67. The summed E-state index contributed by atoms with van der Waals surface area (Å²) in [6, 6.07) is 11.6. The van der Waals surface area contributed by atoms with Gasteiger partial charge in [0, 0.05) is 18.1 Å². The van der Waals surface area contributed by atoms with Gasteiger partial charge in [0.15, 0.2) is 0 Å². The highest BCUT2D eigenvalue weighted by atomic mass is 16.5. The van der Waals surface area contributed by atoms with Crippen molar-refractivity contribution >= 4 is 5.91 Å². The summed E-state index contributed by atoms with van der Waals surface area (Å²) in [5, 5.41) is 21.5. The van der Waals surface area contributed by atoms with E-state index in [9.17, 15) is 15.0 Å². The number of benzene rings is 2. The Bertz CT molecular complexity index is 638. The fourth-order valence-corrected chi connectivity index (χ4v) is 2.40. The third kappa shape index (κ3) is 2.91. The zero-order chi connectivity index (χ0) is 14.8. The summed E-state index contributed by atoms with van der Waals surface area (Å²) in [4.78, 5) is 12.0. The lowest BCUT2D eigenvalue weighted by Crippen LogP contribution is -2.34. The van der Waals surface area contributed by atoms with E-state index in [2.05, 4.69) is 5.32 Å². The van der Waals surface area contributed by atoms with Gasteiger partial charge in [0.2, 0.25) is 0 Å². The maximum Gasteiger partial charge on any atom is 0.251 e. The Hall–Kier alpha value is -2.69. The van der Waals surface area contributed by atoms with Crippen LogP contribution in [0.15, 0.2) is 42.5 Å². The van der Waals surface area contributed by atoms with Crippen LogP contribution in [0.5, 0.6) is 17.2 Å². The third-order valence-electron chi connectivity index (χ3n) is 3.37. The summed E-state index contributed by atoms with van der Waals surface area (Å²) in [7, 11) is 0. The Morgan fingerprint density at radius 1 is 1.19 bits per heavy atom. The van der Waals surface area contributed by atoms with E-state index in [0.29, 0.717) is 6.54 Å². The molecule has 0 saturated heterocycles. The number of hydrogen-bond acceptors (Lipinski definition) is 4. The highest BCUT2D eigenvalue weighted by Gasteiger charge is 2.22. The van der Waals surface area contributed by atoms with Crippen LogP contribution in [-0.2, 0) is 6.42 Å². The normalized spacial score (nSPS) is 16.1. The molecule has 21 heavy (non-hydrogen) atoms. The molecule has 2 aromatic carbocycles. The molecule has 1 heterocycles. The molecule has 1 aliphatic heterocycles. The molecular weight excluding hydrogens is 270 g/mol. The van der Waals surface area contributed by atoms with Crippen LogP contribution < -0.4 is 10.1 Å². The zero-order valence-corrected chi connectivity index (χ0v) is 11.2. The molecule has 1 amide bonds. The van der Waals surface area contributed by atoms with Gasteiger partial charge in [-0.05, 0) is 23.8 Å². The van der Waals surface area contributed by atoms with Gasteiger partial charge < -0.3 is 20.3 Å². The lowest BCUT2D eigenvalue weighted by atomic mass is 10.1. The van der Waals surface area contributed by atoms with Gasteiger partial charge in [0.05, 0.1) is 6.54 Å². The third-order valence-corrected chi connectivity index (χ3v) is 3.37. The van der Waals surface area contributed by atoms with Crippen molar-refractivity contribution in [2.45, 2.75) is 12.5 Å². The summed E-state index contributed by atoms with van der Waals surface area (Å²) in [6.07, 6.45) is 0.652. The average Bonchev–Trinajstić information content (AvgIpc) is 2.86. The van der Waals surface area contributed by atoms with E-state index in [-0.39, 0.29) is 29.1 Å². The summed E-state index contributed by atoms with van der Waals surface area (Å²) in [5.41, 5.74) is 1.34. The predicted octanol–water partition coefficient (Wildman–Crippen LogP) is 1.83. The van der Waals surface area contributed by atoms with E-state index in [0.717, 1.165) is 17.7 Å². The second-order valence-electron chi connectivity index (χ2n) is 5.00. The fraction of sp³-hybridized carbons (Fsp3) is 0.188. The van der Waals surface area contributed by atoms with Gasteiger partial charge in [-0.3, -0.25) is 4.79 Å². The lowest BCUT2D eigenvalue weighted by molar-refractivity contribution is 0.0932. The number of para-hydroxylation sites is 1. The molecule has 1 unspecified atom stereocenters. The molecule has 3 N–H and O–H groups in total. The van der Waals surface area contributed by atoms with E-state index >= 15 is 0 Å². The van der Waals surface area contributed by atoms with Gasteiger partial charge in [-0.15, -0.1) is 0 Å². The predicted molar refractivity (Wildman–Crippen MR) is 76.7 cm³/mol. The number of carbonyl (C=O) groups is 1. The molecule has 0 aromatic heterocycles. The van der Waals surface area contributed by atoms with Crippen molar-refractivity contribution in [2.75, 3.05) is 6.54 Å². The highest BCUT2D eigenvalue weighted by Crippen LogP contribution is 2.27. The standard InChI is InChI=1S/C16H15NO4/c18-12-5-11(6-13(19)8-12)16(20)17-9-14-7-10-3-1-2-4-15(10)21-14/h1-6,8,14,18-19H,7,9H2,(H,17,20). The minimum atomic E-state index is -0.360. The molecule has 0 aliphatic carbocycles. The maximum absolute atomic E-state index is 12.0. The summed E-state index contributed by atoms with van der Waals surface area (Å²) in [5.74, 6) is 0.196. The van der Waals surface area contributed by atoms with Gasteiger partial charge in [-0.25, -0.2) is 0 Å². The van der Waals surface area contributed by atoms with Crippen LogP contribution in [0.1, 0.15) is 15.9 Å². The first-order valence-electron chi connectivity index (χ1n) is 6.67. The molecule has 3 rings (SSSR count). The van der Waals surface area contributed by atoms with E-state index in [4.69, 9.17) is 4.74 Å². The van der Waals surface area contributed by atoms with E-state index in [1.807, 2.05) is 24.3 Å². The van der Waals surface area contributed by atoms with Crippen molar-refractivity contribution in [3.63, 3.8) is 0 Å². The average molecular weight is 285 g/mol. The van der Waals surface area contributed by atoms with Crippen LogP contribution in [0.25, 0.3) is 0 Å². The molecule has 2 aromatic rings. The first-order chi connectivity index (χ1) is 10.1. The van der Waals surface area contributed by atoms with Crippen molar-refractivity contribution in [1.82, 2.24) is 5.32 Å². The SMILES string of the molecule is O=C(NCC1Cc2ccccc2O1)c1cc(O)cc(O)c1. The zero-order valence-electron chi connectivity index (χ0n) is 11.2. The number of ether oxygens (including phenoxy) is 1. The Morgan fingerprint density at radius 2 is 1.90 bits per heavy atom. The molecule has 5 nitrogen and oxygen atoms in total. The maximum atomic E-state index is 12.0. The minimum Gasteiger partial charge on any atom is -0.508 e. The van der Waals surface area contributed by atoms with Crippen LogP contribution in [0.3, 0.4) is 0 Å². The van der Waals surface area contributed by atoms with E-state index in [1.165, 1.54) is 18.2 Å². The topological polar surface area (TPSA) is 78.8 Å². The number of phenolic OH excluding ortho intramolecular Hbond substituents is 2. The van der Waals surface area contributed by atoms with Crippen molar-refractivity contribution in [2.24, 2.45) is 0 Å². The number of hydrogen-bond donors (Lipinski definition) is 3. The Kier molecular flexibility index (Phi) is 3.39. The molecular formula is C16H15NO4. The first kappa shape index (κ1) is 13.3. The quantitative estimate of drug-likeness (QED) is 0.804. The number of carbonyl (C=O) groups excluding carboxylic acids is 1. The van der Waals surface area contributed by atoms with Crippen LogP contribution in [0, 0.1) is 0 Å². The fourth-order valence-electron chi connectivity index (χ4n) is 2.40. The van der Waals surface area contributed by atoms with Gasteiger partial charge in [0.1, 0.15) is 23.4 Å². The molecule has 1 aliphatic rings. The second-order valence-corrected chi connectivity index (χ2v) is 5.00. The number of aromatic hydroxyl groups is 2. The molecule has 0 saturated carbocycles. The van der Waals surface area contributed by atoms with Crippen molar-refractivity contribution < 1.29 is 19.7 Å². The molecule has 108 valence electrons. The van der Waals surface area contributed by atoms with Crippen molar-refractivity contribution in [1.29, 1.82) is 0 Å². The molecule has 0 spiro atoms. The molecule has 0 radical (unpaired) electrons. The molecule has 0 fully saturated rings. The smallest absolute Gasteiger partial charge is 0.251 e. The van der Waals surface area contributed by atoms with E-state index in [1.54, 1.807) is 0 Å². The van der Waals surface area contributed by atoms with Crippen LogP contribution in [-0.4, -0.2) is 28.8 Å². The van der Waals surface area contributed by atoms with Gasteiger partial charge >= 0.3 is 0 Å². The number of amides is 1. The number of phenols is 2. The monoisotopic (exact) mass is 285 g/mol. The van der Waals surface area contributed by atoms with Crippen LogP contribution >= 0.6 is 0 Å². The highest BCUT2D eigenvalue weighted by molar-refractivity contribution is 5.95. The minimum absolute atomic E-state index is 0.0998. The molecule has 1 atom stereocenters. The van der Waals surface area contributed by atoms with E-state index < -0.39 is 0 Å². The largest absolute Gasteiger partial charge is 0.508 e. The Balaban J connectivity index is 1.60. The van der Waals surface area contributed by atoms with Gasteiger partial charge in [0.25, 0.3) is 5.91 Å². The summed E-state index contributed by atoms with van der Waals surface area (Å²) in [6.45, 7) is 0.365. The second kappa shape index (κ2) is 5.36. The summed E-state index contributed by atoms with van der Waals surface area (Å²) >= 11 is 0. The lowest BCUT2D eigenvalue weighted by Gasteiger charge is -2.12. The number of fused-ring (bicyclic) bond motifs is 1.